The second kappa shape index (κ2) is 4.97. The second-order valence-electron chi connectivity index (χ2n) is 3.89. The highest BCUT2D eigenvalue weighted by molar-refractivity contribution is 7.00. The van der Waals surface area contributed by atoms with Crippen LogP contribution >= 0.6 is 23.3 Å². The fourth-order valence-corrected chi connectivity index (χ4v) is 2.47. The van der Waals surface area contributed by atoms with Crippen LogP contribution in [0.1, 0.15) is 26.7 Å². The Balaban J connectivity index is 2.34. The van der Waals surface area contributed by atoms with E-state index in [9.17, 15) is 0 Å². The van der Waals surface area contributed by atoms with Crippen LogP contribution in [0.3, 0.4) is 0 Å². The number of nitrogens with zero attached hydrogens (tertiary/aromatic N) is 2. The Morgan fingerprint density at radius 2 is 2.25 bits per heavy atom. The van der Waals surface area contributed by atoms with E-state index in [1.165, 1.54) is 11.7 Å². The van der Waals surface area contributed by atoms with Gasteiger partial charge in [0.05, 0.1) is 22.4 Å². The number of anilines is 1. The number of benzene rings is 1. The summed E-state index contributed by atoms with van der Waals surface area (Å²) in [6.45, 7) is 4.32. The lowest BCUT2D eigenvalue weighted by atomic mass is 10.1. The summed E-state index contributed by atoms with van der Waals surface area (Å²) in [6.07, 6.45) is 2.27. The fourth-order valence-electron chi connectivity index (χ4n) is 1.72. The van der Waals surface area contributed by atoms with Crippen molar-refractivity contribution in [2.45, 2.75) is 32.7 Å². The topological polar surface area (TPSA) is 37.8 Å². The third-order valence-electron chi connectivity index (χ3n) is 2.49. The highest BCUT2D eigenvalue weighted by Crippen LogP contribution is 2.30. The zero-order chi connectivity index (χ0) is 11.5. The van der Waals surface area contributed by atoms with Gasteiger partial charge in [0, 0.05) is 6.04 Å². The van der Waals surface area contributed by atoms with Crippen molar-refractivity contribution in [2.24, 2.45) is 0 Å². The molecule has 1 aromatic carbocycles. The standard InChI is InChI=1S/C11H14ClN3S/c1-3-4-7(2)13-10-8(12)5-6-9-11(10)15-16-14-9/h5-7,13H,3-4H2,1-2H3. The maximum absolute atomic E-state index is 6.18. The van der Waals surface area contributed by atoms with Gasteiger partial charge in [-0.2, -0.15) is 8.75 Å². The van der Waals surface area contributed by atoms with Gasteiger partial charge in [0.15, 0.2) is 0 Å². The smallest absolute Gasteiger partial charge is 0.129 e. The molecule has 0 saturated carbocycles. The molecule has 0 spiro atoms. The van der Waals surface area contributed by atoms with Gasteiger partial charge >= 0.3 is 0 Å². The molecular formula is C11H14ClN3S. The van der Waals surface area contributed by atoms with Crippen molar-refractivity contribution >= 4 is 40.0 Å². The Bertz CT molecular complexity index is 483. The van der Waals surface area contributed by atoms with Gasteiger partial charge in [-0.1, -0.05) is 24.9 Å². The first-order valence-electron chi connectivity index (χ1n) is 5.39. The first-order chi connectivity index (χ1) is 7.72. The number of hydrogen-bond acceptors (Lipinski definition) is 4. The SMILES string of the molecule is CCCC(C)Nc1c(Cl)ccc2nsnc12. The summed E-state index contributed by atoms with van der Waals surface area (Å²) in [7, 11) is 0. The van der Waals surface area contributed by atoms with E-state index in [1.807, 2.05) is 12.1 Å². The van der Waals surface area contributed by atoms with Gasteiger partial charge in [0.2, 0.25) is 0 Å². The third kappa shape index (κ3) is 2.28. The highest BCUT2D eigenvalue weighted by atomic mass is 35.5. The van der Waals surface area contributed by atoms with Crippen molar-refractivity contribution in [1.82, 2.24) is 8.75 Å². The van der Waals surface area contributed by atoms with Crippen molar-refractivity contribution in [3.05, 3.63) is 17.2 Å². The molecule has 0 aliphatic carbocycles. The largest absolute Gasteiger partial charge is 0.380 e. The van der Waals surface area contributed by atoms with Gasteiger partial charge in [-0.15, -0.1) is 0 Å². The van der Waals surface area contributed by atoms with E-state index in [0.29, 0.717) is 11.1 Å². The molecule has 1 aromatic heterocycles. The number of aromatic nitrogens is 2. The van der Waals surface area contributed by atoms with Crippen LogP contribution in [0.15, 0.2) is 12.1 Å². The third-order valence-corrected chi connectivity index (χ3v) is 3.35. The molecule has 1 unspecified atom stereocenters. The molecule has 1 atom stereocenters. The minimum Gasteiger partial charge on any atom is -0.380 e. The van der Waals surface area contributed by atoms with Gasteiger partial charge in [-0.3, -0.25) is 0 Å². The summed E-state index contributed by atoms with van der Waals surface area (Å²) in [5, 5.41) is 4.12. The lowest BCUT2D eigenvalue weighted by Gasteiger charge is -2.15. The van der Waals surface area contributed by atoms with Crippen LogP contribution in [0, 0.1) is 0 Å². The Labute approximate surface area is 104 Å². The molecule has 0 bridgehead atoms. The van der Waals surface area contributed by atoms with Crippen LogP contribution in [0.5, 0.6) is 0 Å². The van der Waals surface area contributed by atoms with Crippen LogP contribution in [0.4, 0.5) is 5.69 Å². The lowest BCUT2D eigenvalue weighted by molar-refractivity contribution is 0.691. The zero-order valence-electron chi connectivity index (χ0n) is 9.33. The zero-order valence-corrected chi connectivity index (χ0v) is 10.9. The van der Waals surface area contributed by atoms with E-state index < -0.39 is 0 Å². The predicted octanol–water partition coefficient (Wildman–Crippen LogP) is 3.95. The Morgan fingerprint density at radius 1 is 1.44 bits per heavy atom. The Kier molecular flexibility index (Phi) is 3.61. The molecule has 0 amide bonds. The quantitative estimate of drug-likeness (QED) is 0.899. The van der Waals surface area contributed by atoms with Crippen molar-refractivity contribution in [3.63, 3.8) is 0 Å². The van der Waals surface area contributed by atoms with E-state index in [0.717, 1.165) is 29.6 Å². The van der Waals surface area contributed by atoms with Crippen LogP contribution in [-0.4, -0.2) is 14.8 Å². The van der Waals surface area contributed by atoms with Crippen LogP contribution in [0.2, 0.25) is 5.02 Å². The molecule has 0 aliphatic rings. The number of fused-ring (bicyclic) bond motifs is 1. The molecule has 1 N–H and O–H groups in total. The molecule has 2 aromatic rings. The number of rotatable bonds is 4. The number of hydrogen-bond donors (Lipinski definition) is 1. The average molecular weight is 256 g/mol. The molecule has 0 fully saturated rings. The van der Waals surface area contributed by atoms with Gasteiger partial charge in [0.25, 0.3) is 0 Å². The molecule has 16 heavy (non-hydrogen) atoms. The van der Waals surface area contributed by atoms with E-state index in [4.69, 9.17) is 11.6 Å². The van der Waals surface area contributed by atoms with Crippen LogP contribution < -0.4 is 5.32 Å². The van der Waals surface area contributed by atoms with E-state index in [1.54, 1.807) is 0 Å². The molecule has 0 saturated heterocycles. The minimum absolute atomic E-state index is 0.398. The van der Waals surface area contributed by atoms with Crippen molar-refractivity contribution in [1.29, 1.82) is 0 Å². The van der Waals surface area contributed by atoms with E-state index >= 15 is 0 Å². The minimum atomic E-state index is 0.398. The van der Waals surface area contributed by atoms with Gasteiger partial charge < -0.3 is 5.32 Å². The van der Waals surface area contributed by atoms with Crippen LogP contribution in [-0.2, 0) is 0 Å². The molecule has 86 valence electrons. The first-order valence-corrected chi connectivity index (χ1v) is 6.50. The summed E-state index contributed by atoms with van der Waals surface area (Å²) in [5.41, 5.74) is 2.69. The maximum Gasteiger partial charge on any atom is 0.129 e. The molecule has 0 radical (unpaired) electrons. The Morgan fingerprint density at radius 3 is 3.00 bits per heavy atom. The van der Waals surface area contributed by atoms with Gasteiger partial charge in [-0.05, 0) is 25.5 Å². The second-order valence-corrected chi connectivity index (χ2v) is 4.82. The summed E-state index contributed by atoms with van der Waals surface area (Å²) >= 11 is 7.40. The fraction of sp³-hybridized carbons (Fsp3) is 0.455. The summed E-state index contributed by atoms with van der Waals surface area (Å²) in [6, 6.07) is 4.16. The molecule has 1 heterocycles. The number of halogens is 1. The lowest BCUT2D eigenvalue weighted by Crippen LogP contribution is -2.15. The molecule has 5 heteroatoms. The highest BCUT2D eigenvalue weighted by Gasteiger charge is 2.11. The summed E-state index contributed by atoms with van der Waals surface area (Å²) < 4.78 is 8.48. The molecule has 3 nitrogen and oxygen atoms in total. The average Bonchev–Trinajstić information content (AvgIpc) is 2.71. The maximum atomic E-state index is 6.18. The first kappa shape index (κ1) is 11.6. The van der Waals surface area contributed by atoms with Crippen LogP contribution in [0.25, 0.3) is 11.0 Å². The van der Waals surface area contributed by atoms with E-state index in [2.05, 4.69) is 27.9 Å². The molecular weight excluding hydrogens is 242 g/mol. The normalized spacial score (nSPS) is 12.9. The van der Waals surface area contributed by atoms with Crippen molar-refractivity contribution in [2.75, 3.05) is 5.32 Å². The molecule has 2 rings (SSSR count). The summed E-state index contributed by atoms with van der Waals surface area (Å²) in [4.78, 5) is 0. The van der Waals surface area contributed by atoms with Gasteiger partial charge in [-0.25, -0.2) is 0 Å². The molecule has 0 aliphatic heterocycles. The summed E-state index contributed by atoms with van der Waals surface area (Å²) in [5.74, 6) is 0. The van der Waals surface area contributed by atoms with Gasteiger partial charge in [0.1, 0.15) is 11.0 Å². The van der Waals surface area contributed by atoms with Crippen molar-refractivity contribution in [3.8, 4) is 0 Å². The monoisotopic (exact) mass is 255 g/mol. The number of nitrogens with one attached hydrogen (secondary N) is 1. The Hall–Kier alpha value is -0.870. The predicted molar refractivity (Wildman–Crippen MR) is 70.4 cm³/mol. The van der Waals surface area contributed by atoms with E-state index in [-0.39, 0.29) is 0 Å². The van der Waals surface area contributed by atoms with Crippen molar-refractivity contribution < 1.29 is 0 Å².